The molecule has 1 saturated heterocycles. The van der Waals surface area contributed by atoms with E-state index >= 15 is 0 Å². The molecule has 124 valence electrons. The molecule has 1 aliphatic carbocycles. The summed E-state index contributed by atoms with van der Waals surface area (Å²) in [6, 6.07) is 9.40. The minimum absolute atomic E-state index is 0.135. The molecule has 0 bridgehead atoms. The predicted octanol–water partition coefficient (Wildman–Crippen LogP) is 5.38. The molecule has 0 aromatic heterocycles. The fraction of sp³-hybridized carbons (Fsp3) is 0.545. The van der Waals surface area contributed by atoms with Crippen LogP contribution in [0.3, 0.4) is 0 Å². The molecule has 1 heteroatoms. The Morgan fingerprint density at radius 2 is 1.91 bits per heavy atom. The van der Waals surface area contributed by atoms with E-state index in [1.165, 1.54) is 36.0 Å². The summed E-state index contributed by atoms with van der Waals surface area (Å²) in [5.41, 5.74) is 4.63. The summed E-state index contributed by atoms with van der Waals surface area (Å²) in [6.45, 7) is 10.3. The first-order chi connectivity index (χ1) is 11.0. The van der Waals surface area contributed by atoms with Gasteiger partial charge < -0.3 is 5.32 Å². The van der Waals surface area contributed by atoms with Crippen molar-refractivity contribution in [2.24, 2.45) is 11.3 Å². The van der Waals surface area contributed by atoms with Gasteiger partial charge in [0.25, 0.3) is 0 Å². The molecule has 1 aliphatic heterocycles. The average Bonchev–Trinajstić information content (AvgIpc) is 3.38. The molecule has 1 heterocycles. The molecule has 0 amide bonds. The normalized spacial score (nSPS) is 30.9. The minimum Gasteiger partial charge on any atom is -0.303 e. The van der Waals surface area contributed by atoms with Crippen molar-refractivity contribution in [2.45, 2.75) is 58.9 Å². The molecule has 0 saturated carbocycles. The van der Waals surface area contributed by atoms with Crippen LogP contribution in [-0.2, 0) is 12.0 Å². The smallest absolute Gasteiger partial charge is 0.0654 e. The second-order valence-corrected chi connectivity index (χ2v) is 7.91. The molecule has 3 rings (SSSR count). The molecular weight excluding hydrogens is 278 g/mol. The maximum Gasteiger partial charge on any atom is 0.0654 e. The van der Waals surface area contributed by atoms with Gasteiger partial charge in [-0.15, -0.1) is 0 Å². The highest BCUT2D eigenvalue weighted by Crippen LogP contribution is 2.51. The number of benzene rings is 1. The fourth-order valence-corrected chi connectivity index (χ4v) is 3.74. The quantitative estimate of drug-likeness (QED) is 0.700. The number of nitrogens with one attached hydrogen (secondary N) is 1. The van der Waals surface area contributed by atoms with Crippen LogP contribution in [-0.4, -0.2) is 6.54 Å². The Hall–Kier alpha value is -1.34. The molecule has 1 aromatic carbocycles. The summed E-state index contributed by atoms with van der Waals surface area (Å²) < 4.78 is 0. The maximum absolute atomic E-state index is 3.69. The Balaban J connectivity index is 1.73. The highest BCUT2D eigenvalue weighted by atomic mass is 15.2. The number of rotatable bonds is 6. The van der Waals surface area contributed by atoms with E-state index < -0.39 is 0 Å². The summed E-state index contributed by atoms with van der Waals surface area (Å²) in [7, 11) is 0. The van der Waals surface area contributed by atoms with Gasteiger partial charge in [-0.25, -0.2) is 0 Å². The zero-order valence-electron chi connectivity index (χ0n) is 15.2. The van der Waals surface area contributed by atoms with Gasteiger partial charge in [0, 0.05) is 12.0 Å². The molecule has 1 aromatic rings. The summed E-state index contributed by atoms with van der Waals surface area (Å²) in [5, 5.41) is 3.69. The van der Waals surface area contributed by atoms with Gasteiger partial charge in [0.1, 0.15) is 0 Å². The highest BCUT2D eigenvalue weighted by Gasteiger charge is 2.56. The van der Waals surface area contributed by atoms with Crippen molar-refractivity contribution < 1.29 is 0 Å². The Labute approximate surface area is 141 Å². The zero-order valence-corrected chi connectivity index (χ0v) is 15.2. The van der Waals surface area contributed by atoms with E-state index in [2.05, 4.69) is 75.5 Å². The third-order valence-corrected chi connectivity index (χ3v) is 6.14. The maximum atomic E-state index is 3.69. The Kier molecular flexibility index (Phi) is 4.51. The van der Waals surface area contributed by atoms with Crippen molar-refractivity contribution in [3.8, 4) is 0 Å². The van der Waals surface area contributed by atoms with Crippen LogP contribution in [0, 0.1) is 11.3 Å². The molecule has 3 unspecified atom stereocenters. The molecule has 1 fully saturated rings. The van der Waals surface area contributed by atoms with Gasteiger partial charge in [0.05, 0.1) is 5.54 Å². The number of allylic oxidation sites excluding steroid dienone is 3. The summed E-state index contributed by atoms with van der Waals surface area (Å²) in [4.78, 5) is 0. The Morgan fingerprint density at radius 3 is 2.43 bits per heavy atom. The van der Waals surface area contributed by atoms with E-state index in [9.17, 15) is 0 Å². The van der Waals surface area contributed by atoms with Gasteiger partial charge in [0.15, 0.2) is 0 Å². The molecular formula is C22H31N. The lowest BCUT2D eigenvalue weighted by Gasteiger charge is -2.36. The van der Waals surface area contributed by atoms with E-state index in [1.807, 2.05) is 0 Å². The van der Waals surface area contributed by atoms with E-state index in [-0.39, 0.29) is 11.0 Å². The van der Waals surface area contributed by atoms with Crippen LogP contribution in [0.2, 0.25) is 0 Å². The second-order valence-electron chi connectivity index (χ2n) is 7.91. The first-order valence-corrected chi connectivity index (χ1v) is 9.19. The van der Waals surface area contributed by atoms with Crippen molar-refractivity contribution >= 4 is 0 Å². The van der Waals surface area contributed by atoms with Gasteiger partial charge in [-0.05, 0) is 43.2 Å². The predicted molar refractivity (Wildman–Crippen MR) is 99.5 cm³/mol. The minimum atomic E-state index is 0.135. The lowest BCUT2D eigenvalue weighted by atomic mass is 9.68. The Morgan fingerprint density at radius 1 is 1.22 bits per heavy atom. The van der Waals surface area contributed by atoms with Gasteiger partial charge in [0.2, 0.25) is 0 Å². The summed E-state index contributed by atoms with van der Waals surface area (Å²) >= 11 is 0. The molecule has 0 radical (unpaired) electrons. The van der Waals surface area contributed by atoms with Crippen LogP contribution in [0.15, 0.2) is 48.1 Å². The number of hydrogen-bond acceptors (Lipinski definition) is 1. The van der Waals surface area contributed by atoms with E-state index in [0.29, 0.717) is 0 Å². The monoisotopic (exact) mass is 309 g/mol. The molecule has 3 atom stereocenters. The second kappa shape index (κ2) is 6.28. The van der Waals surface area contributed by atoms with E-state index in [1.54, 1.807) is 0 Å². The van der Waals surface area contributed by atoms with Crippen LogP contribution >= 0.6 is 0 Å². The van der Waals surface area contributed by atoms with Crippen LogP contribution in [0.4, 0.5) is 0 Å². The molecule has 2 aliphatic rings. The zero-order chi connectivity index (χ0) is 16.5. The third-order valence-electron chi connectivity index (χ3n) is 6.14. The van der Waals surface area contributed by atoms with Crippen LogP contribution in [0.5, 0.6) is 0 Å². The van der Waals surface area contributed by atoms with Gasteiger partial charge in [-0.2, -0.15) is 0 Å². The third kappa shape index (κ3) is 3.17. The fourth-order valence-electron chi connectivity index (χ4n) is 3.74. The largest absolute Gasteiger partial charge is 0.303 e. The van der Waals surface area contributed by atoms with Crippen LogP contribution < -0.4 is 5.32 Å². The van der Waals surface area contributed by atoms with Crippen LogP contribution in [0.25, 0.3) is 0 Å². The van der Waals surface area contributed by atoms with Gasteiger partial charge in [-0.1, -0.05) is 75.3 Å². The van der Waals surface area contributed by atoms with E-state index in [0.717, 1.165) is 18.9 Å². The van der Waals surface area contributed by atoms with Crippen molar-refractivity contribution in [3.63, 3.8) is 0 Å². The Bertz CT molecular complexity index is 603. The molecule has 0 spiro atoms. The van der Waals surface area contributed by atoms with Gasteiger partial charge in [-0.3, -0.25) is 0 Å². The number of aryl methyl sites for hydroxylation is 1. The highest BCUT2D eigenvalue weighted by molar-refractivity contribution is 5.41. The van der Waals surface area contributed by atoms with Crippen LogP contribution in [0.1, 0.15) is 58.1 Å². The van der Waals surface area contributed by atoms with E-state index in [4.69, 9.17) is 0 Å². The summed E-state index contributed by atoms with van der Waals surface area (Å²) in [5.74, 6) is 0.826. The number of hydrogen-bond donors (Lipinski definition) is 1. The molecule has 1 N–H and O–H groups in total. The summed E-state index contributed by atoms with van der Waals surface area (Å²) in [6.07, 6.45) is 12.0. The van der Waals surface area contributed by atoms with Crippen molar-refractivity contribution in [1.29, 1.82) is 0 Å². The first kappa shape index (κ1) is 16.5. The van der Waals surface area contributed by atoms with Crippen molar-refractivity contribution in [3.05, 3.63) is 59.2 Å². The SMILES string of the molecule is CCC(C)CCc1ccc(C2(C3(C)C=CC(C)=CC3)CN2)cc1. The topological polar surface area (TPSA) is 21.9 Å². The van der Waals surface area contributed by atoms with Crippen molar-refractivity contribution in [2.75, 3.05) is 6.54 Å². The van der Waals surface area contributed by atoms with Gasteiger partial charge >= 0.3 is 0 Å². The van der Waals surface area contributed by atoms with Crippen molar-refractivity contribution in [1.82, 2.24) is 5.32 Å². The first-order valence-electron chi connectivity index (χ1n) is 9.19. The molecule has 1 nitrogen and oxygen atoms in total. The lowest BCUT2D eigenvalue weighted by Crippen LogP contribution is -2.35. The lowest BCUT2D eigenvalue weighted by molar-refractivity contribution is 0.307. The average molecular weight is 309 g/mol. The standard InChI is InChI=1S/C22H31N/c1-5-17(2)6-7-19-8-10-20(11-9-19)22(16-23-22)21(4)14-12-18(3)13-15-21/h8-14,17,23H,5-7,15-16H2,1-4H3. The molecule has 23 heavy (non-hydrogen) atoms.